The van der Waals surface area contributed by atoms with Gasteiger partial charge in [0.1, 0.15) is 5.75 Å². The number of amides is 1. The second kappa shape index (κ2) is 6.67. The van der Waals surface area contributed by atoms with E-state index < -0.39 is 5.54 Å². The molecule has 0 atom stereocenters. The minimum Gasteiger partial charge on any atom is -0.493 e. The van der Waals surface area contributed by atoms with Crippen molar-refractivity contribution < 1.29 is 9.53 Å². The monoisotopic (exact) mass is 310 g/mol. The van der Waals surface area contributed by atoms with E-state index in [9.17, 15) is 4.79 Å². The van der Waals surface area contributed by atoms with Crippen LogP contribution in [0.5, 0.6) is 5.75 Å². The maximum absolute atomic E-state index is 12.1. The van der Waals surface area contributed by atoms with Gasteiger partial charge in [0.05, 0.1) is 12.1 Å². The van der Waals surface area contributed by atoms with Crippen molar-refractivity contribution >= 4 is 18.3 Å². The molecule has 3 rings (SSSR count). The standard InChI is InChI=1S/C16H22N2O2.ClH/c17-16(8-9-16)15(19)18-10-6-13(7-11-18)12-20-14-4-2-1-3-5-14;/h1-5,13H,6-12,17H2;1H. The van der Waals surface area contributed by atoms with Crippen LogP contribution < -0.4 is 10.5 Å². The van der Waals surface area contributed by atoms with E-state index in [0.717, 1.165) is 51.1 Å². The highest BCUT2D eigenvalue weighted by Crippen LogP contribution is 2.35. The molecule has 0 spiro atoms. The van der Waals surface area contributed by atoms with Crippen molar-refractivity contribution in [2.45, 2.75) is 31.2 Å². The normalized spacial score (nSPS) is 20.5. The lowest BCUT2D eigenvalue weighted by atomic mass is 9.97. The van der Waals surface area contributed by atoms with Crippen LogP contribution in [-0.4, -0.2) is 36.0 Å². The molecule has 21 heavy (non-hydrogen) atoms. The fourth-order valence-electron chi connectivity index (χ4n) is 2.70. The van der Waals surface area contributed by atoms with Gasteiger partial charge in [-0.1, -0.05) is 18.2 Å². The summed E-state index contributed by atoms with van der Waals surface area (Å²) in [6, 6.07) is 9.89. The molecule has 2 aliphatic rings. The van der Waals surface area contributed by atoms with E-state index in [1.165, 1.54) is 0 Å². The first-order chi connectivity index (χ1) is 9.67. The van der Waals surface area contributed by atoms with Crippen LogP contribution in [0.15, 0.2) is 30.3 Å². The average molecular weight is 311 g/mol. The Kier molecular flexibility index (Phi) is 5.12. The number of para-hydroxylation sites is 1. The van der Waals surface area contributed by atoms with E-state index in [4.69, 9.17) is 10.5 Å². The molecule has 1 aromatic rings. The van der Waals surface area contributed by atoms with Gasteiger partial charge < -0.3 is 15.4 Å². The first kappa shape index (κ1) is 16.1. The van der Waals surface area contributed by atoms with E-state index in [0.29, 0.717) is 5.92 Å². The first-order valence-electron chi connectivity index (χ1n) is 7.43. The van der Waals surface area contributed by atoms with Gasteiger partial charge in [0.2, 0.25) is 5.91 Å². The van der Waals surface area contributed by atoms with Gasteiger partial charge in [0.15, 0.2) is 0 Å². The van der Waals surface area contributed by atoms with Crippen molar-refractivity contribution in [2.24, 2.45) is 11.7 Å². The SMILES string of the molecule is Cl.NC1(C(=O)N2CCC(COc3ccccc3)CC2)CC1. The van der Waals surface area contributed by atoms with Crippen LogP contribution in [0.3, 0.4) is 0 Å². The number of likely N-dealkylation sites (tertiary alicyclic amines) is 1. The molecule has 1 saturated carbocycles. The Morgan fingerprint density at radius 1 is 1.24 bits per heavy atom. The maximum Gasteiger partial charge on any atom is 0.242 e. The Morgan fingerprint density at radius 3 is 2.43 bits per heavy atom. The lowest BCUT2D eigenvalue weighted by molar-refractivity contribution is -0.135. The van der Waals surface area contributed by atoms with Gasteiger partial charge in [-0.2, -0.15) is 0 Å². The first-order valence-corrected chi connectivity index (χ1v) is 7.43. The summed E-state index contributed by atoms with van der Waals surface area (Å²) in [5.74, 6) is 1.61. The van der Waals surface area contributed by atoms with Crippen LogP contribution in [0, 0.1) is 5.92 Å². The highest BCUT2D eigenvalue weighted by atomic mass is 35.5. The third kappa shape index (κ3) is 3.89. The van der Waals surface area contributed by atoms with Crippen LogP contribution >= 0.6 is 12.4 Å². The highest BCUT2D eigenvalue weighted by Gasteiger charge is 2.48. The molecule has 0 unspecified atom stereocenters. The van der Waals surface area contributed by atoms with E-state index in [1.807, 2.05) is 35.2 Å². The molecule has 0 bridgehead atoms. The summed E-state index contributed by atoms with van der Waals surface area (Å²) in [7, 11) is 0. The van der Waals surface area contributed by atoms with Crippen LogP contribution in [0.2, 0.25) is 0 Å². The smallest absolute Gasteiger partial charge is 0.242 e. The topological polar surface area (TPSA) is 55.6 Å². The summed E-state index contributed by atoms with van der Waals surface area (Å²) in [5, 5.41) is 0. The molecule has 1 aromatic carbocycles. The molecule has 1 aliphatic carbocycles. The van der Waals surface area contributed by atoms with Gasteiger partial charge in [0.25, 0.3) is 0 Å². The molecule has 0 aromatic heterocycles. The summed E-state index contributed by atoms with van der Waals surface area (Å²) in [4.78, 5) is 14.1. The van der Waals surface area contributed by atoms with Crippen molar-refractivity contribution in [3.63, 3.8) is 0 Å². The van der Waals surface area contributed by atoms with Crippen molar-refractivity contribution in [3.05, 3.63) is 30.3 Å². The number of benzene rings is 1. The van der Waals surface area contributed by atoms with E-state index in [2.05, 4.69) is 0 Å². The Labute approximate surface area is 132 Å². The molecule has 5 heteroatoms. The van der Waals surface area contributed by atoms with Crippen molar-refractivity contribution in [1.29, 1.82) is 0 Å². The third-order valence-corrected chi connectivity index (χ3v) is 4.35. The number of halogens is 1. The lowest BCUT2D eigenvalue weighted by Gasteiger charge is -2.33. The number of nitrogens with two attached hydrogens (primary N) is 1. The highest BCUT2D eigenvalue weighted by molar-refractivity contribution is 5.89. The van der Waals surface area contributed by atoms with Crippen molar-refractivity contribution in [3.8, 4) is 5.75 Å². The maximum atomic E-state index is 12.1. The number of nitrogens with zero attached hydrogens (tertiary/aromatic N) is 1. The zero-order valence-electron chi connectivity index (χ0n) is 12.2. The Hall–Kier alpha value is -1.26. The van der Waals surface area contributed by atoms with Crippen LogP contribution in [0.1, 0.15) is 25.7 Å². The third-order valence-electron chi connectivity index (χ3n) is 4.35. The summed E-state index contributed by atoms with van der Waals surface area (Å²) < 4.78 is 5.79. The summed E-state index contributed by atoms with van der Waals surface area (Å²) in [6.45, 7) is 2.38. The minimum absolute atomic E-state index is 0. The Morgan fingerprint density at radius 2 is 1.86 bits per heavy atom. The Balaban J connectivity index is 0.00000161. The molecular weight excluding hydrogens is 288 g/mol. The summed E-state index contributed by atoms with van der Waals surface area (Å²) in [6.07, 6.45) is 3.72. The fourth-order valence-corrected chi connectivity index (χ4v) is 2.70. The van der Waals surface area contributed by atoms with Gasteiger partial charge in [-0.05, 0) is 43.7 Å². The molecule has 1 amide bonds. The predicted molar refractivity (Wildman–Crippen MR) is 84.6 cm³/mol. The molecule has 1 saturated heterocycles. The summed E-state index contributed by atoms with van der Waals surface area (Å²) >= 11 is 0. The molecular formula is C16H23ClN2O2. The van der Waals surface area contributed by atoms with Gasteiger partial charge in [-0.3, -0.25) is 4.79 Å². The second-order valence-corrected chi connectivity index (χ2v) is 6.02. The lowest BCUT2D eigenvalue weighted by Crippen LogP contribution is -2.49. The molecule has 1 heterocycles. The zero-order valence-corrected chi connectivity index (χ0v) is 13.0. The second-order valence-electron chi connectivity index (χ2n) is 6.02. The van der Waals surface area contributed by atoms with E-state index >= 15 is 0 Å². The zero-order chi connectivity index (χ0) is 14.0. The Bertz CT molecular complexity index is 468. The van der Waals surface area contributed by atoms with Crippen LogP contribution in [-0.2, 0) is 4.79 Å². The largest absolute Gasteiger partial charge is 0.493 e. The van der Waals surface area contributed by atoms with Crippen LogP contribution in [0.25, 0.3) is 0 Å². The van der Waals surface area contributed by atoms with Crippen molar-refractivity contribution in [2.75, 3.05) is 19.7 Å². The minimum atomic E-state index is -0.520. The average Bonchev–Trinajstić information content (AvgIpc) is 3.25. The number of carbonyl (C=O) groups excluding carboxylic acids is 1. The predicted octanol–water partition coefficient (Wildman–Crippen LogP) is 2.22. The molecule has 1 aliphatic heterocycles. The number of ether oxygens (including phenoxy) is 1. The molecule has 2 fully saturated rings. The number of rotatable bonds is 4. The van der Waals surface area contributed by atoms with Gasteiger partial charge in [-0.15, -0.1) is 12.4 Å². The number of piperidine rings is 1. The van der Waals surface area contributed by atoms with Crippen LogP contribution in [0.4, 0.5) is 0 Å². The van der Waals surface area contributed by atoms with Gasteiger partial charge >= 0.3 is 0 Å². The van der Waals surface area contributed by atoms with Gasteiger partial charge in [-0.25, -0.2) is 0 Å². The fraction of sp³-hybridized carbons (Fsp3) is 0.562. The van der Waals surface area contributed by atoms with Gasteiger partial charge in [0, 0.05) is 13.1 Å². The number of hydrogen-bond donors (Lipinski definition) is 1. The quantitative estimate of drug-likeness (QED) is 0.927. The van der Waals surface area contributed by atoms with Crippen molar-refractivity contribution in [1.82, 2.24) is 4.90 Å². The number of carbonyl (C=O) groups is 1. The number of hydrogen-bond acceptors (Lipinski definition) is 3. The van der Waals surface area contributed by atoms with E-state index in [-0.39, 0.29) is 18.3 Å². The summed E-state index contributed by atoms with van der Waals surface area (Å²) in [5.41, 5.74) is 5.45. The molecule has 0 radical (unpaired) electrons. The molecule has 4 nitrogen and oxygen atoms in total. The molecule has 2 N–H and O–H groups in total. The van der Waals surface area contributed by atoms with E-state index in [1.54, 1.807) is 0 Å². The molecule has 116 valence electrons.